The standard InChI is InChI=1S/C12H16N4O3/c1-5-18-12(17)7(2)19-11-9-6-13-16(4)10(9)14-8(3)15-11/h6-7H,5H2,1-4H3. The van der Waals surface area contributed by atoms with E-state index >= 15 is 0 Å². The number of esters is 1. The zero-order valence-electron chi connectivity index (χ0n) is 11.4. The summed E-state index contributed by atoms with van der Waals surface area (Å²) in [7, 11) is 1.79. The molecule has 0 saturated heterocycles. The van der Waals surface area contributed by atoms with Crippen LogP contribution < -0.4 is 4.74 Å². The lowest BCUT2D eigenvalue weighted by atomic mass is 10.4. The quantitative estimate of drug-likeness (QED) is 0.766. The van der Waals surface area contributed by atoms with Gasteiger partial charge < -0.3 is 9.47 Å². The Kier molecular flexibility index (Phi) is 3.64. The molecule has 0 saturated carbocycles. The summed E-state index contributed by atoms with van der Waals surface area (Å²) in [5.74, 6) is 0.481. The smallest absolute Gasteiger partial charge is 0.347 e. The van der Waals surface area contributed by atoms with Crippen molar-refractivity contribution >= 4 is 17.0 Å². The van der Waals surface area contributed by atoms with Crippen molar-refractivity contribution in [2.24, 2.45) is 7.05 Å². The van der Waals surface area contributed by atoms with Gasteiger partial charge in [-0.1, -0.05) is 0 Å². The van der Waals surface area contributed by atoms with E-state index < -0.39 is 12.1 Å². The lowest BCUT2D eigenvalue weighted by Gasteiger charge is -2.13. The number of carbonyl (C=O) groups excluding carboxylic acids is 1. The van der Waals surface area contributed by atoms with Gasteiger partial charge in [0, 0.05) is 7.05 Å². The molecule has 0 aliphatic carbocycles. The fourth-order valence-corrected chi connectivity index (χ4v) is 1.66. The SMILES string of the molecule is CCOC(=O)C(C)Oc1nc(C)nc2c1cnn2C. The zero-order chi connectivity index (χ0) is 14.0. The maximum absolute atomic E-state index is 11.6. The van der Waals surface area contributed by atoms with Crippen LogP contribution in [0.1, 0.15) is 19.7 Å². The van der Waals surface area contributed by atoms with E-state index in [1.165, 1.54) is 0 Å². The van der Waals surface area contributed by atoms with Crippen molar-refractivity contribution in [3.8, 4) is 5.88 Å². The predicted molar refractivity (Wildman–Crippen MR) is 67.8 cm³/mol. The summed E-state index contributed by atoms with van der Waals surface area (Å²) in [6.45, 7) is 5.45. The van der Waals surface area contributed by atoms with Crippen molar-refractivity contribution in [1.29, 1.82) is 0 Å². The number of nitrogens with zero attached hydrogens (tertiary/aromatic N) is 4. The third-order valence-electron chi connectivity index (χ3n) is 2.58. The van der Waals surface area contributed by atoms with E-state index in [2.05, 4.69) is 15.1 Å². The molecule has 19 heavy (non-hydrogen) atoms. The number of hydrogen-bond donors (Lipinski definition) is 0. The number of ether oxygens (including phenoxy) is 2. The van der Waals surface area contributed by atoms with Gasteiger partial charge in [-0.25, -0.2) is 9.78 Å². The molecule has 0 amide bonds. The van der Waals surface area contributed by atoms with E-state index in [1.54, 1.807) is 38.7 Å². The average Bonchev–Trinajstić information content (AvgIpc) is 2.71. The first-order valence-electron chi connectivity index (χ1n) is 6.02. The summed E-state index contributed by atoms with van der Waals surface area (Å²) >= 11 is 0. The van der Waals surface area contributed by atoms with Crippen molar-refractivity contribution in [2.45, 2.75) is 26.9 Å². The Hall–Kier alpha value is -2.18. The van der Waals surface area contributed by atoms with E-state index in [-0.39, 0.29) is 0 Å². The van der Waals surface area contributed by atoms with Crippen LogP contribution in [0.25, 0.3) is 11.0 Å². The molecule has 2 rings (SSSR count). The van der Waals surface area contributed by atoms with Crippen molar-refractivity contribution in [1.82, 2.24) is 19.7 Å². The predicted octanol–water partition coefficient (Wildman–Crippen LogP) is 1.00. The first-order valence-corrected chi connectivity index (χ1v) is 6.02. The molecule has 0 aliphatic heterocycles. The molecule has 0 N–H and O–H groups in total. The molecule has 2 aromatic heterocycles. The van der Waals surface area contributed by atoms with Crippen molar-refractivity contribution < 1.29 is 14.3 Å². The van der Waals surface area contributed by atoms with Crippen molar-refractivity contribution in [2.75, 3.05) is 6.61 Å². The molecule has 0 aliphatic rings. The van der Waals surface area contributed by atoms with Crippen LogP contribution in [0.3, 0.4) is 0 Å². The van der Waals surface area contributed by atoms with E-state index in [1.807, 2.05) is 0 Å². The Labute approximate surface area is 110 Å². The van der Waals surface area contributed by atoms with Crippen LogP contribution in [0.4, 0.5) is 0 Å². The number of aryl methyl sites for hydroxylation is 2. The third kappa shape index (κ3) is 2.64. The van der Waals surface area contributed by atoms with Gasteiger partial charge in [0.2, 0.25) is 5.88 Å². The van der Waals surface area contributed by atoms with Crippen LogP contribution in [-0.2, 0) is 16.6 Å². The Balaban J connectivity index is 2.32. The molecule has 0 bridgehead atoms. The Morgan fingerprint density at radius 1 is 1.47 bits per heavy atom. The summed E-state index contributed by atoms with van der Waals surface area (Å²) in [6.07, 6.45) is 0.889. The number of hydrogen-bond acceptors (Lipinski definition) is 6. The van der Waals surface area contributed by atoms with Crippen LogP contribution >= 0.6 is 0 Å². The highest BCUT2D eigenvalue weighted by atomic mass is 16.6. The Morgan fingerprint density at radius 3 is 2.89 bits per heavy atom. The van der Waals surface area contributed by atoms with E-state index in [0.29, 0.717) is 29.3 Å². The van der Waals surface area contributed by atoms with Crippen LogP contribution in [0.2, 0.25) is 0 Å². The van der Waals surface area contributed by atoms with Gasteiger partial charge in [-0.2, -0.15) is 10.1 Å². The lowest BCUT2D eigenvalue weighted by molar-refractivity contribution is -0.150. The summed E-state index contributed by atoms with van der Waals surface area (Å²) in [5, 5.41) is 4.77. The summed E-state index contributed by atoms with van der Waals surface area (Å²) in [6, 6.07) is 0. The average molecular weight is 264 g/mol. The molecular formula is C12H16N4O3. The van der Waals surface area contributed by atoms with Gasteiger partial charge in [-0.15, -0.1) is 0 Å². The first-order chi connectivity index (χ1) is 9.02. The van der Waals surface area contributed by atoms with Gasteiger partial charge in [-0.3, -0.25) is 4.68 Å². The van der Waals surface area contributed by atoms with Gasteiger partial charge in [0.1, 0.15) is 11.2 Å². The van der Waals surface area contributed by atoms with Gasteiger partial charge in [0.15, 0.2) is 11.8 Å². The monoisotopic (exact) mass is 264 g/mol. The summed E-state index contributed by atoms with van der Waals surface area (Å²) in [5.41, 5.74) is 0.665. The summed E-state index contributed by atoms with van der Waals surface area (Å²) in [4.78, 5) is 20.0. The van der Waals surface area contributed by atoms with Crippen molar-refractivity contribution in [3.05, 3.63) is 12.0 Å². The minimum absolute atomic E-state index is 0.317. The second kappa shape index (κ2) is 5.21. The Morgan fingerprint density at radius 2 is 2.21 bits per heavy atom. The fraction of sp³-hybridized carbons (Fsp3) is 0.500. The molecule has 0 fully saturated rings. The van der Waals surface area contributed by atoms with E-state index in [0.717, 1.165) is 0 Å². The second-order valence-corrected chi connectivity index (χ2v) is 4.09. The van der Waals surface area contributed by atoms with Gasteiger partial charge in [0.05, 0.1) is 12.8 Å². The van der Waals surface area contributed by atoms with Gasteiger partial charge in [0.25, 0.3) is 0 Å². The third-order valence-corrected chi connectivity index (χ3v) is 2.58. The maximum atomic E-state index is 11.6. The topological polar surface area (TPSA) is 79.1 Å². The van der Waals surface area contributed by atoms with Crippen LogP contribution in [0, 0.1) is 6.92 Å². The summed E-state index contributed by atoms with van der Waals surface area (Å²) < 4.78 is 12.1. The highest BCUT2D eigenvalue weighted by Crippen LogP contribution is 2.22. The van der Waals surface area contributed by atoms with Crippen LogP contribution in [0.15, 0.2) is 6.20 Å². The first kappa shape index (κ1) is 13.3. The van der Waals surface area contributed by atoms with Gasteiger partial charge in [-0.05, 0) is 20.8 Å². The van der Waals surface area contributed by atoms with Crippen LogP contribution in [-0.4, -0.2) is 38.4 Å². The molecule has 2 aromatic rings. The van der Waals surface area contributed by atoms with Crippen LogP contribution in [0.5, 0.6) is 5.88 Å². The largest absolute Gasteiger partial charge is 0.463 e. The fourth-order valence-electron chi connectivity index (χ4n) is 1.66. The molecule has 102 valence electrons. The molecule has 0 aromatic carbocycles. The molecule has 7 nitrogen and oxygen atoms in total. The van der Waals surface area contributed by atoms with E-state index in [9.17, 15) is 4.79 Å². The minimum atomic E-state index is -0.724. The molecule has 1 atom stereocenters. The molecule has 7 heteroatoms. The second-order valence-electron chi connectivity index (χ2n) is 4.09. The zero-order valence-corrected chi connectivity index (χ0v) is 11.4. The number of aromatic nitrogens is 4. The Bertz CT molecular complexity index is 608. The normalized spacial score (nSPS) is 12.4. The molecule has 2 heterocycles. The number of carbonyl (C=O) groups is 1. The highest BCUT2D eigenvalue weighted by molar-refractivity contribution is 5.81. The minimum Gasteiger partial charge on any atom is -0.463 e. The number of rotatable bonds is 4. The maximum Gasteiger partial charge on any atom is 0.347 e. The number of fused-ring (bicyclic) bond motifs is 1. The molecule has 0 spiro atoms. The lowest BCUT2D eigenvalue weighted by Crippen LogP contribution is -2.26. The van der Waals surface area contributed by atoms with Gasteiger partial charge >= 0.3 is 5.97 Å². The van der Waals surface area contributed by atoms with Crippen molar-refractivity contribution in [3.63, 3.8) is 0 Å². The highest BCUT2D eigenvalue weighted by Gasteiger charge is 2.19. The molecule has 1 unspecified atom stereocenters. The molecular weight excluding hydrogens is 248 g/mol. The van der Waals surface area contributed by atoms with E-state index in [4.69, 9.17) is 9.47 Å². The molecule has 0 radical (unpaired) electrons.